The predicted molar refractivity (Wildman–Crippen MR) is 95.9 cm³/mol. The van der Waals surface area contributed by atoms with Gasteiger partial charge < -0.3 is 9.47 Å². The molecule has 0 atom stereocenters. The van der Waals surface area contributed by atoms with Crippen LogP contribution in [0.5, 0.6) is 11.5 Å². The lowest BCUT2D eigenvalue weighted by Crippen LogP contribution is -2.28. The van der Waals surface area contributed by atoms with Crippen molar-refractivity contribution in [2.24, 2.45) is 0 Å². The van der Waals surface area contributed by atoms with Crippen molar-refractivity contribution in [2.75, 3.05) is 13.2 Å². The van der Waals surface area contributed by atoms with Gasteiger partial charge in [0.05, 0.1) is 4.90 Å². The van der Waals surface area contributed by atoms with Crippen LogP contribution >= 0.6 is 15.9 Å². The molecular weight excluding hydrogens is 410 g/mol. The van der Waals surface area contributed by atoms with Gasteiger partial charge in [-0.2, -0.15) is 0 Å². The van der Waals surface area contributed by atoms with E-state index < -0.39 is 15.9 Å². The molecule has 2 aromatic carbocycles. The molecule has 2 aromatic rings. The van der Waals surface area contributed by atoms with Crippen LogP contribution in [0.4, 0.5) is 0 Å². The van der Waals surface area contributed by atoms with Crippen molar-refractivity contribution in [3.05, 3.63) is 58.6 Å². The van der Waals surface area contributed by atoms with E-state index in [2.05, 4.69) is 15.9 Å². The number of carbonyl (C=O) groups excluding carboxylic acids is 1. The topological polar surface area (TPSA) is 81.7 Å². The molecular formula is C17H14BrNO5S. The summed E-state index contributed by atoms with van der Waals surface area (Å²) in [6, 6.07) is 11.2. The monoisotopic (exact) mass is 423 g/mol. The van der Waals surface area contributed by atoms with E-state index in [-0.39, 0.29) is 4.90 Å². The van der Waals surface area contributed by atoms with Crippen molar-refractivity contribution in [1.82, 2.24) is 4.72 Å². The van der Waals surface area contributed by atoms with Crippen LogP contribution < -0.4 is 14.2 Å². The van der Waals surface area contributed by atoms with Gasteiger partial charge in [0.25, 0.3) is 15.9 Å². The summed E-state index contributed by atoms with van der Waals surface area (Å²) in [6.45, 7) is 0.963. The van der Waals surface area contributed by atoms with Gasteiger partial charge in [-0.05, 0) is 48.0 Å². The summed E-state index contributed by atoms with van der Waals surface area (Å²) in [5.74, 6) is 0.500. The number of carbonyl (C=O) groups is 1. The van der Waals surface area contributed by atoms with Gasteiger partial charge in [0.1, 0.15) is 13.2 Å². The summed E-state index contributed by atoms with van der Waals surface area (Å²) in [5.41, 5.74) is 0.695. The molecule has 0 aromatic heterocycles. The summed E-state index contributed by atoms with van der Waals surface area (Å²) < 4.78 is 37.9. The number of amides is 1. The van der Waals surface area contributed by atoms with E-state index in [1.165, 1.54) is 18.2 Å². The predicted octanol–water partition coefficient (Wildman–Crippen LogP) is 2.74. The number of hydrogen-bond donors (Lipinski definition) is 1. The van der Waals surface area contributed by atoms with Crippen molar-refractivity contribution in [2.45, 2.75) is 4.90 Å². The molecule has 1 heterocycles. The van der Waals surface area contributed by atoms with Crippen LogP contribution in [0.2, 0.25) is 0 Å². The largest absolute Gasteiger partial charge is 0.486 e. The number of hydrogen-bond acceptors (Lipinski definition) is 5. The summed E-state index contributed by atoms with van der Waals surface area (Å²) in [5, 5.41) is 0. The molecule has 0 spiro atoms. The standard InChI is InChI=1S/C17H14BrNO5S/c18-13-3-5-14(6-4-13)25(21,22)19-17(20)8-2-12-1-7-15-16(11-12)24-10-9-23-15/h1-8,11H,9-10H2,(H,19,20)/b8-2+. The minimum absolute atomic E-state index is 0.0109. The van der Waals surface area contributed by atoms with Gasteiger partial charge >= 0.3 is 0 Å². The number of halogens is 1. The molecule has 8 heteroatoms. The second-order valence-electron chi connectivity index (χ2n) is 5.16. The first kappa shape index (κ1) is 17.5. The smallest absolute Gasteiger partial charge is 0.264 e. The number of rotatable bonds is 4. The van der Waals surface area contributed by atoms with Crippen LogP contribution in [0, 0.1) is 0 Å². The molecule has 1 aliphatic rings. The van der Waals surface area contributed by atoms with Gasteiger partial charge in [0.15, 0.2) is 11.5 Å². The quantitative estimate of drug-likeness (QED) is 0.764. The molecule has 0 unspecified atom stereocenters. The highest BCUT2D eigenvalue weighted by Crippen LogP contribution is 2.31. The lowest BCUT2D eigenvalue weighted by atomic mass is 10.2. The first-order valence-electron chi connectivity index (χ1n) is 7.34. The molecule has 3 rings (SSSR count). The molecule has 130 valence electrons. The lowest BCUT2D eigenvalue weighted by molar-refractivity contribution is -0.114. The van der Waals surface area contributed by atoms with E-state index in [0.717, 1.165) is 10.5 Å². The van der Waals surface area contributed by atoms with Gasteiger partial charge in [-0.25, -0.2) is 13.1 Å². The second kappa shape index (κ2) is 7.28. The number of ether oxygens (including phenoxy) is 2. The van der Waals surface area contributed by atoms with E-state index in [4.69, 9.17) is 9.47 Å². The van der Waals surface area contributed by atoms with Crippen LogP contribution in [-0.4, -0.2) is 27.5 Å². The molecule has 6 nitrogen and oxygen atoms in total. The average molecular weight is 424 g/mol. The minimum Gasteiger partial charge on any atom is -0.486 e. The minimum atomic E-state index is -3.91. The summed E-state index contributed by atoms with van der Waals surface area (Å²) >= 11 is 3.23. The molecule has 0 fully saturated rings. The molecule has 1 aliphatic heterocycles. The Labute approximate surface area is 153 Å². The summed E-state index contributed by atoms with van der Waals surface area (Å²) in [4.78, 5) is 11.9. The first-order valence-corrected chi connectivity index (χ1v) is 9.62. The van der Waals surface area contributed by atoms with Crippen molar-refractivity contribution in [1.29, 1.82) is 0 Å². The lowest BCUT2D eigenvalue weighted by Gasteiger charge is -2.18. The number of nitrogens with one attached hydrogen (secondary N) is 1. The molecule has 25 heavy (non-hydrogen) atoms. The SMILES string of the molecule is O=C(/C=C/c1ccc2c(c1)OCCO2)NS(=O)(=O)c1ccc(Br)cc1. The van der Waals surface area contributed by atoms with Gasteiger partial charge in [0, 0.05) is 10.5 Å². The van der Waals surface area contributed by atoms with Gasteiger partial charge in [-0.15, -0.1) is 0 Å². The van der Waals surface area contributed by atoms with E-state index in [0.29, 0.717) is 30.3 Å². The zero-order chi connectivity index (χ0) is 17.9. The molecule has 0 bridgehead atoms. The number of fused-ring (bicyclic) bond motifs is 1. The van der Waals surface area contributed by atoms with E-state index in [1.807, 2.05) is 4.72 Å². The fourth-order valence-corrected chi connectivity index (χ4v) is 3.38. The molecule has 1 amide bonds. The van der Waals surface area contributed by atoms with Crippen molar-refractivity contribution in [3.63, 3.8) is 0 Å². The molecule has 0 radical (unpaired) electrons. The number of sulfonamides is 1. The van der Waals surface area contributed by atoms with Gasteiger partial charge in [0.2, 0.25) is 0 Å². The van der Waals surface area contributed by atoms with E-state index in [1.54, 1.807) is 30.3 Å². The Morgan fingerprint density at radius 3 is 2.44 bits per heavy atom. The normalized spacial score (nSPS) is 13.6. The zero-order valence-electron chi connectivity index (χ0n) is 12.9. The van der Waals surface area contributed by atoms with E-state index >= 15 is 0 Å². The Morgan fingerprint density at radius 1 is 1.04 bits per heavy atom. The Kier molecular flexibility index (Phi) is 5.10. The third-order valence-corrected chi connectivity index (χ3v) is 5.24. The molecule has 0 aliphatic carbocycles. The average Bonchev–Trinajstić information content (AvgIpc) is 2.60. The Balaban J connectivity index is 1.69. The summed E-state index contributed by atoms with van der Waals surface area (Å²) in [7, 11) is -3.91. The second-order valence-corrected chi connectivity index (χ2v) is 7.76. The van der Waals surface area contributed by atoms with Crippen LogP contribution in [0.25, 0.3) is 6.08 Å². The van der Waals surface area contributed by atoms with E-state index in [9.17, 15) is 13.2 Å². The Bertz CT molecular complexity index is 923. The van der Waals surface area contributed by atoms with Crippen LogP contribution in [0.3, 0.4) is 0 Å². The van der Waals surface area contributed by atoms with Crippen LogP contribution in [-0.2, 0) is 14.8 Å². The van der Waals surface area contributed by atoms with Crippen molar-refractivity contribution in [3.8, 4) is 11.5 Å². The molecule has 0 saturated heterocycles. The maximum absolute atomic E-state index is 12.1. The highest BCUT2D eigenvalue weighted by Gasteiger charge is 2.16. The first-order chi connectivity index (χ1) is 11.9. The van der Waals surface area contributed by atoms with Crippen LogP contribution in [0.1, 0.15) is 5.56 Å². The zero-order valence-corrected chi connectivity index (χ0v) is 15.3. The maximum atomic E-state index is 12.1. The fraction of sp³-hybridized carbons (Fsp3) is 0.118. The van der Waals surface area contributed by atoms with Crippen molar-refractivity contribution < 1.29 is 22.7 Å². The van der Waals surface area contributed by atoms with Gasteiger partial charge in [-0.1, -0.05) is 22.0 Å². The Hall–Kier alpha value is -2.32. The van der Waals surface area contributed by atoms with Crippen molar-refractivity contribution >= 4 is 37.9 Å². The van der Waals surface area contributed by atoms with Gasteiger partial charge in [-0.3, -0.25) is 4.79 Å². The third kappa shape index (κ3) is 4.40. The molecule has 0 saturated carbocycles. The number of benzene rings is 2. The third-order valence-electron chi connectivity index (χ3n) is 3.35. The maximum Gasteiger partial charge on any atom is 0.264 e. The fourth-order valence-electron chi connectivity index (χ4n) is 2.17. The highest BCUT2D eigenvalue weighted by molar-refractivity contribution is 9.10. The Morgan fingerprint density at radius 2 is 1.72 bits per heavy atom. The highest BCUT2D eigenvalue weighted by atomic mass is 79.9. The summed E-state index contributed by atoms with van der Waals surface area (Å²) in [6.07, 6.45) is 2.66. The van der Waals surface area contributed by atoms with Crippen LogP contribution in [0.15, 0.2) is 57.9 Å². The molecule has 1 N–H and O–H groups in total.